The molecule has 26 saturated carbocycles. The third-order valence-electron chi connectivity index (χ3n) is 39.2. The van der Waals surface area contributed by atoms with Crippen LogP contribution in [0.1, 0.15) is 401 Å². The van der Waals surface area contributed by atoms with Crippen LogP contribution in [0, 0.1) is 205 Å². The van der Waals surface area contributed by atoms with Gasteiger partial charge >= 0.3 is 0 Å². The average molecular weight is 1320 g/mol. The van der Waals surface area contributed by atoms with Crippen LogP contribution in [0.5, 0.6) is 0 Å². The second-order valence-corrected chi connectivity index (χ2v) is 44.9. The molecule has 96 heavy (non-hydrogen) atoms. The summed E-state index contributed by atoms with van der Waals surface area (Å²) in [5.74, 6) is 32.6. The predicted octanol–water partition coefficient (Wildman–Crippen LogP) is 29.7. The van der Waals surface area contributed by atoms with Crippen molar-refractivity contribution in [3.63, 3.8) is 0 Å². The van der Waals surface area contributed by atoms with Gasteiger partial charge in [-0.2, -0.15) is 0 Å². The molecule has 0 nitrogen and oxygen atoms in total. The Balaban J connectivity index is 0.000000102. The van der Waals surface area contributed by atoms with E-state index < -0.39 is 0 Å². The summed E-state index contributed by atoms with van der Waals surface area (Å²) in [6.45, 7) is 44.2. The van der Waals surface area contributed by atoms with Gasteiger partial charge in [-0.25, -0.2) is 0 Å². The van der Waals surface area contributed by atoms with E-state index in [0.717, 1.165) is 194 Å². The van der Waals surface area contributed by atoms with Gasteiger partial charge in [0, 0.05) is 0 Å². The van der Waals surface area contributed by atoms with Crippen LogP contribution < -0.4 is 0 Å². The lowest BCUT2D eigenvalue weighted by Crippen LogP contribution is -2.44. The Hall–Kier alpha value is 0. The van der Waals surface area contributed by atoms with Gasteiger partial charge in [0.25, 0.3) is 0 Å². The molecule has 26 fully saturated rings. The zero-order valence-electron chi connectivity index (χ0n) is 68.2. The number of hydrogen-bond donors (Lipinski definition) is 0. The maximum atomic E-state index is 2.54. The maximum Gasteiger partial charge on any atom is -0.0297 e. The maximum absolute atomic E-state index is 2.54. The first-order valence-electron chi connectivity index (χ1n) is 45.6. The summed E-state index contributed by atoms with van der Waals surface area (Å²) in [7, 11) is 0. The molecule has 13 unspecified atom stereocenters. The topological polar surface area (TPSA) is 0 Å². The van der Waals surface area contributed by atoms with E-state index in [2.05, 4.69) is 125 Å². The summed E-state index contributed by atoms with van der Waals surface area (Å²) in [6, 6.07) is 0. The van der Waals surface area contributed by atoms with Gasteiger partial charge in [0.05, 0.1) is 0 Å². The first kappa shape index (κ1) is 75.7. The Bertz CT molecular complexity index is 2260. The van der Waals surface area contributed by atoms with Crippen LogP contribution in [-0.2, 0) is 0 Å². The third-order valence-corrected chi connectivity index (χ3v) is 39.2. The van der Waals surface area contributed by atoms with Crippen molar-refractivity contribution in [3.8, 4) is 0 Å². The summed E-state index contributed by atoms with van der Waals surface area (Å²) in [4.78, 5) is 0. The molecule has 0 heteroatoms. The quantitative estimate of drug-likeness (QED) is 0.245. The highest BCUT2D eigenvalue weighted by atomic mass is 14.6. The highest BCUT2D eigenvalue weighted by Crippen LogP contribution is 2.63. The van der Waals surface area contributed by atoms with Gasteiger partial charge in [-0.3, -0.25) is 0 Å². The Morgan fingerprint density at radius 2 is 0.635 bits per heavy atom. The Kier molecular flexibility index (Phi) is 24.9. The first-order chi connectivity index (χ1) is 45.6. The van der Waals surface area contributed by atoms with Crippen molar-refractivity contribution < 1.29 is 0 Å². The minimum absolute atomic E-state index is 0.654. The van der Waals surface area contributed by atoms with Crippen molar-refractivity contribution in [2.24, 2.45) is 205 Å². The molecule has 26 aliphatic carbocycles. The van der Waals surface area contributed by atoms with Gasteiger partial charge in [-0.15, -0.1) is 0 Å². The standard InChI is InChI=1S/C11H18.C11H20.3C10H18.4C9H16.C8H14/c1-11-5-8-2-9(6-11)4-10(3-8)7-11;1-8-9-4-6-10(7-5-9)11(8,2)3;1-7-8-4-5-9(6-8)10(7,2)3;1-8-7-9-3-5-10(8,2)6-4-9;1-7-8(2)10-5-3-9(7)4-6-10;1-7-5-8-3-4-9(7,2)6-8;1-6-7(2)9-4-3-8(6)5-9;1-7-6-8-2-4-9(7)5-3-8;1-2-8-5-7-3-4-9(8)6-7;1-6-4-7-2-3-8(6)5-7/h8-10H,2-7H2,1H3;8-10H,4-7H2,1-3H3;7-9H,4-6H2,1-3H3;8-9H,3-7H2,1-2H3;7-10H,3-6H2,1-2H3;7-8H,3-6H2,1-2H3;6-9H,3-5H2,1-2H3;2*7-9H,2-6H2,1H3;6-8H,2-5H2,1H3/t;8-,9?,10?;7-,8?,9?;8-,9?,10?;7-,8?,9?,10?;7-,8?,9?;6-,7?,8?,9?;7-,8?,9?;;6-,7?,8?/m.1100000.0/s1. The Labute approximate surface area is 601 Å². The second kappa shape index (κ2) is 31.6. The summed E-state index contributed by atoms with van der Waals surface area (Å²) in [6.07, 6.45) is 66.3. The van der Waals surface area contributed by atoms with E-state index in [0.29, 0.717) is 10.8 Å². The van der Waals surface area contributed by atoms with E-state index in [4.69, 9.17) is 0 Å². The fraction of sp³-hybridized carbons (Fsp3) is 1.00. The molecule has 554 valence electrons. The minimum atomic E-state index is 0.654. The smallest absolute Gasteiger partial charge is 0.0297 e. The first-order valence-corrected chi connectivity index (χ1v) is 45.6. The lowest BCUT2D eigenvalue weighted by atomic mass is 9.50. The molecule has 0 saturated heterocycles. The highest BCUT2D eigenvalue weighted by molar-refractivity contribution is 5.03. The molecule has 22 bridgehead atoms. The van der Waals surface area contributed by atoms with Gasteiger partial charge in [0.2, 0.25) is 0 Å². The van der Waals surface area contributed by atoms with E-state index in [9.17, 15) is 0 Å². The molecule has 26 aliphatic rings. The molecule has 0 aliphatic heterocycles. The zero-order valence-corrected chi connectivity index (χ0v) is 68.2. The fourth-order valence-electron chi connectivity index (χ4n) is 30.8. The van der Waals surface area contributed by atoms with Crippen LogP contribution in [0.2, 0.25) is 0 Å². The monoisotopic (exact) mass is 1320 g/mol. The lowest BCUT2D eigenvalue weighted by molar-refractivity contribution is -0.0411. The van der Waals surface area contributed by atoms with Crippen LogP contribution in [0.15, 0.2) is 0 Å². The predicted molar refractivity (Wildman–Crippen MR) is 418 cm³/mol. The van der Waals surface area contributed by atoms with Gasteiger partial charge in [0.15, 0.2) is 0 Å². The van der Waals surface area contributed by atoms with Gasteiger partial charge in [-0.1, -0.05) is 157 Å². The van der Waals surface area contributed by atoms with Gasteiger partial charge < -0.3 is 0 Å². The summed E-state index contributed by atoms with van der Waals surface area (Å²) in [5, 5.41) is 0. The van der Waals surface area contributed by atoms with E-state index in [1.807, 2.05) is 0 Å². The Morgan fingerprint density at radius 3 is 0.885 bits per heavy atom. The average Bonchev–Trinajstić information content (AvgIpc) is 1.09. The molecule has 0 heterocycles. The molecule has 0 aromatic carbocycles. The fourth-order valence-corrected chi connectivity index (χ4v) is 30.8. The van der Waals surface area contributed by atoms with Crippen LogP contribution in [0.3, 0.4) is 0 Å². The molecule has 0 spiro atoms. The summed E-state index contributed by atoms with van der Waals surface area (Å²) >= 11 is 0. The minimum Gasteiger partial charge on any atom is -0.0651 e. The van der Waals surface area contributed by atoms with Crippen molar-refractivity contribution in [3.05, 3.63) is 0 Å². The molecule has 0 N–H and O–H groups in total. The summed E-state index contributed by atoms with van der Waals surface area (Å²) < 4.78 is 0. The highest BCUT2D eigenvalue weighted by Gasteiger charge is 2.52. The Morgan fingerprint density at radius 1 is 0.250 bits per heavy atom. The van der Waals surface area contributed by atoms with Crippen LogP contribution >= 0.6 is 0 Å². The van der Waals surface area contributed by atoms with Gasteiger partial charge in [0.1, 0.15) is 0 Å². The van der Waals surface area contributed by atoms with E-state index in [1.165, 1.54) is 148 Å². The number of rotatable bonds is 1. The van der Waals surface area contributed by atoms with E-state index >= 15 is 0 Å². The number of fused-ring (bicyclic) bond motifs is 22. The van der Waals surface area contributed by atoms with Gasteiger partial charge in [-0.05, 0) is 449 Å². The lowest BCUT2D eigenvalue weighted by Gasteiger charge is -2.55. The van der Waals surface area contributed by atoms with E-state index in [1.54, 1.807) is 128 Å². The molecular weight excluding hydrogens is 1150 g/mol. The normalized spacial score (nSPS) is 52.9. The zero-order chi connectivity index (χ0) is 68.2. The van der Waals surface area contributed by atoms with E-state index in [-0.39, 0.29) is 0 Å². The van der Waals surface area contributed by atoms with Crippen molar-refractivity contribution >= 4 is 0 Å². The molecule has 0 aromatic heterocycles. The summed E-state index contributed by atoms with van der Waals surface area (Å²) in [5.41, 5.74) is 3.64. The second-order valence-electron chi connectivity index (χ2n) is 44.9. The molecule has 21 atom stereocenters. The molecule has 26 rings (SSSR count). The SMILES string of the molecule is CC12CC3CC(CC(C3)C1)C2.CC1C2CCC(C2)[C@H]1C.CC1C2CCC(CC2)[C@H]1C.CCC1CC2CCC1C2.C[C@@H]1C2CCC(C2)C1(C)C.C[C@@H]1C2CCC(CC2)C1(C)C.C[C@H]1CC2CCC1(C)C2.C[C@H]1CC2CCC1(C)CC2.C[C@H]1CC2CCC1C2.C[C@H]1CC2CCC1CC2. The third kappa shape index (κ3) is 17.1. The number of hydrogen-bond acceptors (Lipinski definition) is 0. The van der Waals surface area contributed by atoms with Crippen molar-refractivity contribution in [2.75, 3.05) is 0 Å². The molecule has 0 amide bonds. The van der Waals surface area contributed by atoms with Crippen molar-refractivity contribution in [1.82, 2.24) is 0 Å². The van der Waals surface area contributed by atoms with Crippen molar-refractivity contribution in [1.29, 1.82) is 0 Å². The molecule has 0 radical (unpaired) electrons. The van der Waals surface area contributed by atoms with Crippen LogP contribution in [0.4, 0.5) is 0 Å². The van der Waals surface area contributed by atoms with Crippen LogP contribution in [-0.4, -0.2) is 0 Å². The van der Waals surface area contributed by atoms with Crippen molar-refractivity contribution in [2.45, 2.75) is 401 Å². The molecular formula is C96H170. The largest absolute Gasteiger partial charge is 0.0651 e. The van der Waals surface area contributed by atoms with Crippen LogP contribution in [0.25, 0.3) is 0 Å². The molecule has 0 aromatic rings.